The number of carbonyl (C=O) groups excluding carboxylic acids is 1. The van der Waals surface area contributed by atoms with Crippen LogP contribution in [0.1, 0.15) is 15.9 Å². The van der Waals surface area contributed by atoms with Crippen molar-refractivity contribution in [1.29, 1.82) is 0 Å². The second-order valence-corrected chi connectivity index (χ2v) is 3.23. The predicted octanol–water partition coefficient (Wildman–Crippen LogP) is 2.33. The standard InChI is InChI=1S/C11H11O3.ClH.Pd/c1-7-5-9-8(6-12)3-4-10(13-2)11(9)14-7;;/h3-4,6-7H,1,5H2,2H3;1H;/q-1;;+2/p-1. The van der Waals surface area contributed by atoms with Crippen LogP contribution < -0.4 is 9.47 Å². The van der Waals surface area contributed by atoms with Crippen LogP contribution in [0.5, 0.6) is 11.5 Å². The average molecular weight is 333 g/mol. The number of hydrogen-bond donors (Lipinski definition) is 0. The molecule has 0 spiro atoms. The Morgan fingerprint density at radius 1 is 1.62 bits per heavy atom. The predicted molar refractivity (Wildman–Crippen MR) is 57.7 cm³/mol. The Morgan fingerprint density at radius 2 is 2.31 bits per heavy atom. The van der Waals surface area contributed by atoms with E-state index in [0.717, 1.165) is 11.8 Å². The molecule has 1 aromatic rings. The molecular weight excluding hydrogens is 322 g/mol. The summed E-state index contributed by atoms with van der Waals surface area (Å²) in [6.45, 7) is 3.81. The quantitative estimate of drug-likeness (QED) is 0.473. The third-order valence-corrected chi connectivity index (χ3v) is 2.32. The van der Waals surface area contributed by atoms with Crippen LogP contribution in [0.25, 0.3) is 0 Å². The summed E-state index contributed by atoms with van der Waals surface area (Å²) in [5, 5.41) is 0. The molecule has 0 fully saturated rings. The molecule has 0 saturated carbocycles. The molecule has 0 aromatic heterocycles. The first-order chi connectivity index (χ1) is 7.76. The van der Waals surface area contributed by atoms with E-state index in [1.807, 2.05) is 0 Å². The third kappa shape index (κ3) is 2.57. The van der Waals surface area contributed by atoms with Crippen molar-refractivity contribution in [3.8, 4) is 11.5 Å². The molecule has 0 saturated heterocycles. The van der Waals surface area contributed by atoms with Gasteiger partial charge in [0.25, 0.3) is 0 Å². The van der Waals surface area contributed by atoms with Gasteiger partial charge in [0.2, 0.25) is 0 Å². The van der Waals surface area contributed by atoms with E-state index in [-0.39, 0.29) is 6.10 Å². The van der Waals surface area contributed by atoms with Crippen LogP contribution in [-0.2, 0) is 24.6 Å². The number of halogens is 1. The van der Waals surface area contributed by atoms with Gasteiger partial charge >= 0.3 is 27.7 Å². The summed E-state index contributed by atoms with van der Waals surface area (Å²) in [7, 11) is 6.07. The van der Waals surface area contributed by atoms with E-state index in [9.17, 15) is 4.79 Å². The molecule has 90 valence electrons. The topological polar surface area (TPSA) is 35.5 Å². The van der Waals surface area contributed by atoms with Gasteiger partial charge in [-0.2, -0.15) is 0 Å². The molecule has 0 aliphatic carbocycles. The SMILES string of the molecule is [CH2-]C1Cc2c(C=O)ccc(OC)c2O1.[Cl][Pd+]. The van der Waals surface area contributed by atoms with E-state index >= 15 is 0 Å². The van der Waals surface area contributed by atoms with Crippen LogP contribution in [0.3, 0.4) is 0 Å². The fourth-order valence-electron chi connectivity index (χ4n) is 1.67. The molecule has 0 radical (unpaired) electrons. The van der Waals surface area contributed by atoms with E-state index in [1.54, 1.807) is 19.2 Å². The number of carbonyl (C=O) groups is 1. The van der Waals surface area contributed by atoms with Crippen LogP contribution in [0.4, 0.5) is 0 Å². The second-order valence-electron chi connectivity index (χ2n) is 3.23. The van der Waals surface area contributed by atoms with Crippen LogP contribution in [0.2, 0.25) is 0 Å². The number of fused-ring (bicyclic) bond motifs is 1. The summed E-state index contributed by atoms with van der Waals surface area (Å²) in [5.74, 6) is 1.33. The second kappa shape index (κ2) is 6.24. The summed E-state index contributed by atoms with van der Waals surface area (Å²) < 4.78 is 10.6. The zero-order chi connectivity index (χ0) is 12.1. The maximum atomic E-state index is 10.8. The van der Waals surface area contributed by atoms with Crippen molar-refractivity contribution in [3.05, 3.63) is 30.2 Å². The molecule has 16 heavy (non-hydrogen) atoms. The molecule has 0 bridgehead atoms. The van der Waals surface area contributed by atoms with Gasteiger partial charge in [0.1, 0.15) is 6.29 Å². The van der Waals surface area contributed by atoms with Crippen LogP contribution in [0, 0.1) is 6.92 Å². The molecule has 0 N–H and O–H groups in total. The third-order valence-electron chi connectivity index (χ3n) is 2.32. The summed E-state index contributed by atoms with van der Waals surface area (Å²) in [4.78, 5) is 10.8. The molecule has 0 amide bonds. The van der Waals surface area contributed by atoms with Crippen molar-refractivity contribution in [3.63, 3.8) is 0 Å². The normalized spacial score (nSPS) is 16.7. The van der Waals surface area contributed by atoms with Gasteiger partial charge < -0.3 is 16.4 Å². The fraction of sp³-hybridized carbons (Fsp3) is 0.273. The van der Waals surface area contributed by atoms with Gasteiger partial charge in [0, 0.05) is 11.1 Å². The van der Waals surface area contributed by atoms with Crippen LogP contribution >= 0.6 is 9.53 Å². The molecule has 1 unspecified atom stereocenters. The molecule has 1 aliphatic heterocycles. The summed E-state index contributed by atoms with van der Waals surface area (Å²) >= 11 is 2.22. The molecule has 1 atom stereocenters. The number of ether oxygens (including phenoxy) is 2. The van der Waals surface area contributed by atoms with E-state index < -0.39 is 0 Å². The molecule has 5 heteroatoms. The first-order valence-electron chi connectivity index (χ1n) is 4.53. The number of benzene rings is 1. The van der Waals surface area contributed by atoms with Crippen molar-refractivity contribution in [2.75, 3.05) is 7.11 Å². The van der Waals surface area contributed by atoms with Crippen molar-refractivity contribution in [1.82, 2.24) is 0 Å². The minimum absolute atomic E-state index is 0.125. The Hall–Kier alpha value is -0.558. The van der Waals surface area contributed by atoms with Gasteiger partial charge in [-0.05, 0) is 24.7 Å². The van der Waals surface area contributed by atoms with Gasteiger partial charge in [0.05, 0.1) is 7.11 Å². The zero-order valence-corrected chi connectivity index (χ0v) is 11.0. The summed E-state index contributed by atoms with van der Waals surface area (Å²) in [6, 6.07) is 3.48. The van der Waals surface area contributed by atoms with Crippen molar-refractivity contribution >= 4 is 15.8 Å². The Kier molecular flexibility index (Phi) is 5.27. The van der Waals surface area contributed by atoms with E-state index in [1.165, 1.54) is 0 Å². The van der Waals surface area contributed by atoms with Gasteiger partial charge in [-0.15, -0.1) is 0 Å². The Bertz CT molecular complexity index is 382. The van der Waals surface area contributed by atoms with Crippen molar-refractivity contribution < 1.29 is 32.4 Å². The monoisotopic (exact) mass is 332 g/mol. The number of aldehydes is 1. The number of hydrogen-bond acceptors (Lipinski definition) is 3. The van der Waals surface area contributed by atoms with Gasteiger partial charge in [0.15, 0.2) is 11.5 Å². The zero-order valence-electron chi connectivity index (χ0n) is 8.64. The van der Waals surface area contributed by atoms with Crippen molar-refractivity contribution in [2.24, 2.45) is 0 Å². The van der Waals surface area contributed by atoms with E-state index in [0.29, 0.717) is 23.5 Å². The minimum atomic E-state index is -0.125. The van der Waals surface area contributed by atoms with Gasteiger partial charge in [-0.1, -0.05) is 0 Å². The van der Waals surface area contributed by atoms with E-state index in [2.05, 4.69) is 34.6 Å². The number of methoxy groups -OCH3 is 1. The Balaban J connectivity index is 0.000000606. The van der Waals surface area contributed by atoms with Crippen LogP contribution in [-0.4, -0.2) is 19.5 Å². The molecular formula is C11H11ClO3Pd. The number of rotatable bonds is 2. The average Bonchev–Trinajstić information content (AvgIpc) is 2.71. The molecule has 3 nitrogen and oxygen atoms in total. The van der Waals surface area contributed by atoms with Gasteiger partial charge in [-0.25, -0.2) is 0 Å². The van der Waals surface area contributed by atoms with Crippen LogP contribution in [0.15, 0.2) is 12.1 Å². The molecule has 2 rings (SSSR count). The first kappa shape index (κ1) is 13.5. The molecule has 1 aromatic carbocycles. The molecule has 1 aliphatic rings. The maximum absolute atomic E-state index is 10.8. The summed E-state index contributed by atoms with van der Waals surface area (Å²) in [6.07, 6.45) is 1.38. The molecule has 1 heterocycles. The Labute approximate surface area is 109 Å². The Morgan fingerprint density at radius 3 is 2.88 bits per heavy atom. The van der Waals surface area contributed by atoms with Crippen molar-refractivity contribution in [2.45, 2.75) is 12.5 Å². The summed E-state index contributed by atoms with van der Waals surface area (Å²) in [5.41, 5.74) is 1.56. The fourth-order valence-corrected chi connectivity index (χ4v) is 1.67. The van der Waals surface area contributed by atoms with E-state index in [4.69, 9.17) is 9.47 Å². The van der Waals surface area contributed by atoms with Gasteiger partial charge in [-0.3, -0.25) is 4.79 Å². The first-order valence-corrected chi connectivity index (χ1v) is 6.53.